The Morgan fingerprint density at radius 3 is 2.82 bits per heavy atom. The van der Waals surface area contributed by atoms with Crippen molar-refractivity contribution in [3.05, 3.63) is 39.9 Å². The van der Waals surface area contributed by atoms with Crippen LogP contribution in [0.25, 0.3) is 0 Å². The predicted molar refractivity (Wildman–Crippen MR) is 81.6 cm³/mol. The molecule has 1 saturated heterocycles. The molecule has 1 aliphatic rings. The molecular weight excluding hydrogens is 286 g/mol. The highest BCUT2D eigenvalue weighted by Gasteiger charge is 2.31. The van der Waals surface area contributed by atoms with Crippen LogP contribution in [0.3, 0.4) is 0 Å². The fraction of sp³-hybridized carbons (Fsp3) is 0.533. The lowest BCUT2D eigenvalue weighted by atomic mass is 10.0. The van der Waals surface area contributed by atoms with E-state index >= 15 is 0 Å². The Labute approximate surface area is 129 Å². The molecule has 1 fully saturated rings. The molecule has 2 rings (SSSR count). The Morgan fingerprint density at radius 1 is 1.45 bits per heavy atom. The third kappa shape index (κ3) is 3.94. The molecule has 1 aromatic rings. The first kappa shape index (κ1) is 16.2. The number of carbonyl (C=O) groups is 1. The average molecular weight is 307 g/mol. The van der Waals surface area contributed by atoms with Crippen molar-refractivity contribution in [1.82, 2.24) is 10.2 Å². The summed E-state index contributed by atoms with van der Waals surface area (Å²) in [5.41, 5.74) is 0.175. The highest BCUT2D eigenvalue weighted by atomic mass is 16.6. The van der Waals surface area contributed by atoms with Gasteiger partial charge >= 0.3 is 6.09 Å². The summed E-state index contributed by atoms with van der Waals surface area (Å²) >= 11 is 0. The fourth-order valence-corrected chi connectivity index (χ4v) is 2.39. The number of amides is 1. The van der Waals surface area contributed by atoms with Gasteiger partial charge in [0.1, 0.15) is 5.60 Å². The first-order valence-electron chi connectivity index (χ1n) is 7.22. The van der Waals surface area contributed by atoms with Gasteiger partial charge in [0.2, 0.25) is 0 Å². The number of nitro benzene ring substituents is 1. The number of carbonyl (C=O) groups excluding carboxylic acids is 1. The van der Waals surface area contributed by atoms with E-state index < -0.39 is 16.6 Å². The molecule has 0 spiro atoms. The molecule has 0 bridgehead atoms. The van der Waals surface area contributed by atoms with Gasteiger partial charge in [-0.2, -0.15) is 0 Å². The third-order valence-electron chi connectivity index (χ3n) is 3.34. The van der Waals surface area contributed by atoms with Gasteiger partial charge in [-0.25, -0.2) is 4.79 Å². The fourth-order valence-electron chi connectivity index (χ4n) is 2.39. The van der Waals surface area contributed by atoms with E-state index in [4.69, 9.17) is 4.74 Å². The zero-order valence-corrected chi connectivity index (χ0v) is 13.0. The van der Waals surface area contributed by atoms with E-state index in [1.165, 1.54) is 12.1 Å². The Bertz CT molecular complexity index is 568. The van der Waals surface area contributed by atoms with Gasteiger partial charge in [0, 0.05) is 31.8 Å². The number of piperazine rings is 1. The van der Waals surface area contributed by atoms with Crippen molar-refractivity contribution in [2.75, 3.05) is 19.6 Å². The van der Waals surface area contributed by atoms with Crippen LogP contribution in [0.2, 0.25) is 0 Å². The van der Waals surface area contributed by atoms with Crippen molar-refractivity contribution in [1.29, 1.82) is 0 Å². The molecule has 0 radical (unpaired) electrons. The molecule has 1 unspecified atom stereocenters. The largest absolute Gasteiger partial charge is 0.444 e. The summed E-state index contributed by atoms with van der Waals surface area (Å²) in [6, 6.07) is 6.10. The summed E-state index contributed by atoms with van der Waals surface area (Å²) in [5, 5.41) is 14.1. The van der Waals surface area contributed by atoms with Gasteiger partial charge in [0.15, 0.2) is 0 Å². The number of ether oxygens (including phenoxy) is 1. The van der Waals surface area contributed by atoms with Crippen LogP contribution >= 0.6 is 0 Å². The number of nitrogens with zero attached hydrogens (tertiary/aromatic N) is 2. The molecule has 7 heteroatoms. The number of nitrogens with one attached hydrogen (secondary N) is 1. The number of rotatable bonds is 2. The van der Waals surface area contributed by atoms with Crippen LogP contribution < -0.4 is 5.32 Å². The van der Waals surface area contributed by atoms with Crippen molar-refractivity contribution in [2.24, 2.45) is 0 Å². The standard InChI is InChI=1S/C15H21N3O4/c1-15(2,3)22-14(19)17-8-7-16-10-13(17)11-5-4-6-12(9-11)18(20)21/h4-6,9,13,16H,7-8,10H2,1-3H3. The van der Waals surface area contributed by atoms with Crippen LogP contribution in [0.15, 0.2) is 24.3 Å². The molecule has 1 aliphatic heterocycles. The summed E-state index contributed by atoms with van der Waals surface area (Å²) in [6.07, 6.45) is -0.398. The second-order valence-corrected chi connectivity index (χ2v) is 6.25. The average Bonchev–Trinajstić information content (AvgIpc) is 2.45. The molecule has 1 heterocycles. The highest BCUT2D eigenvalue weighted by Crippen LogP contribution is 2.27. The second kappa shape index (κ2) is 6.31. The van der Waals surface area contributed by atoms with Crippen LogP contribution in [0.1, 0.15) is 32.4 Å². The number of non-ortho nitro benzene ring substituents is 1. The van der Waals surface area contributed by atoms with Crippen molar-refractivity contribution in [3.8, 4) is 0 Å². The second-order valence-electron chi connectivity index (χ2n) is 6.25. The first-order valence-corrected chi connectivity index (χ1v) is 7.22. The van der Waals surface area contributed by atoms with E-state index in [1.54, 1.807) is 17.0 Å². The Kier molecular flexibility index (Phi) is 4.65. The van der Waals surface area contributed by atoms with Gasteiger partial charge in [0.05, 0.1) is 11.0 Å². The maximum Gasteiger partial charge on any atom is 0.410 e. The van der Waals surface area contributed by atoms with E-state index in [-0.39, 0.29) is 11.7 Å². The van der Waals surface area contributed by atoms with E-state index in [9.17, 15) is 14.9 Å². The van der Waals surface area contributed by atoms with Gasteiger partial charge in [-0.05, 0) is 26.3 Å². The summed E-state index contributed by atoms with van der Waals surface area (Å²) in [4.78, 5) is 24.5. The highest BCUT2D eigenvalue weighted by molar-refractivity contribution is 5.69. The number of benzene rings is 1. The van der Waals surface area contributed by atoms with Crippen molar-refractivity contribution in [3.63, 3.8) is 0 Å². The maximum absolute atomic E-state index is 12.4. The molecule has 0 aromatic heterocycles. The summed E-state index contributed by atoms with van der Waals surface area (Å²) in [6.45, 7) is 7.16. The molecule has 7 nitrogen and oxygen atoms in total. The zero-order valence-electron chi connectivity index (χ0n) is 13.0. The van der Waals surface area contributed by atoms with Gasteiger partial charge in [-0.3, -0.25) is 15.0 Å². The molecule has 0 saturated carbocycles. The van der Waals surface area contributed by atoms with Crippen LogP contribution in [0, 0.1) is 10.1 Å². The molecule has 1 N–H and O–H groups in total. The van der Waals surface area contributed by atoms with Crippen molar-refractivity contribution >= 4 is 11.8 Å². The predicted octanol–water partition coefficient (Wildman–Crippen LogP) is 2.48. The third-order valence-corrected chi connectivity index (χ3v) is 3.34. The number of hydrogen-bond acceptors (Lipinski definition) is 5. The lowest BCUT2D eigenvalue weighted by Gasteiger charge is -2.37. The number of hydrogen-bond donors (Lipinski definition) is 1. The minimum Gasteiger partial charge on any atom is -0.444 e. The summed E-state index contributed by atoms with van der Waals surface area (Å²) in [7, 11) is 0. The monoisotopic (exact) mass is 307 g/mol. The van der Waals surface area contributed by atoms with E-state index in [0.717, 1.165) is 5.56 Å². The van der Waals surface area contributed by atoms with E-state index in [2.05, 4.69) is 5.32 Å². The topological polar surface area (TPSA) is 84.7 Å². The molecule has 1 amide bonds. The van der Waals surface area contributed by atoms with Crippen molar-refractivity contribution < 1.29 is 14.5 Å². The maximum atomic E-state index is 12.4. The van der Waals surface area contributed by atoms with Crippen LogP contribution in [0.4, 0.5) is 10.5 Å². The molecule has 120 valence electrons. The summed E-state index contributed by atoms with van der Waals surface area (Å²) in [5.74, 6) is 0. The molecule has 1 atom stereocenters. The zero-order chi connectivity index (χ0) is 16.3. The van der Waals surface area contributed by atoms with E-state index in [1.807, 2.05) is 20.8 Å². The van der Waals surface area contributed by atoms with Crippen molar-refractivity contribution in [2.45, 2.75) is 32.4 Å². The minimum absolute atomic E-state index is 0.0206. The van der Waals surface area contributed by atoms with Gasteiger partial charge in [0.25, 0.3) is 5.69 Å². The SMILES string of the molecule is CC(C)(C)OC(=O)N1CCNCC1c1cccc([N+](=O)[O-])c1. The molecular formula is C15H21N3O4. The first-order chi connectivity index (χ1) is 10.3. The van der Waals surface area contributed by atoms with Crippen LogP contribution in [-0.2, 0) is 4.74 Å². The lowest BCUT2D eigenvalue weighted by molar-refractivity contribution is -0.385. The molecule has 1 aromatic carbocycles. The quantitative estimate of drug-likeness (QED) is 0.670. The Hall–Kier alpha value is -2.15. The smallest absolute Gasteiger partial charge is 0.410 e. The summed E-state index contributed by atoms with van der Waals surface area (Å²) < 4.78 is 5.43. The van der Waals surface area contributed by atoms with Crippen LogP contribution in [0.5, 0.6) is 0 Å². The molecule has 22 heavy (non-hydrogen) atoms. The van der Waals surface area contributed by atoms with Gasteiger partial charge in [-0.1, -0.05) is 12.1 Å². The molecule has 0 aliphatic carbocycles. The van der Waals surface area contributed by atoms with Crippen LogP contribution in [-0.4, -0.2) is 41.2 Å². The van der Waals surface area contributed by atoms with Gasteiger partial charge in [-0.15, -0.1) is 0 Å². The van der Waals surface area contributed by atoms with E-state index in [0.29, 0.717) is 19.6 Å². The minimum atomic E-state index is -0.574. The Morgan fingerprint density at radius 2 is 2.18 bits per heavy atom. The van der Waals surface area contributed by atoms with Gasteiger partial charge < -0.3 is 10.1 Å². The normalized spacial score (nSPS) is 18.9. The Balaban J connectivity index is 2.24. The lowest BCUT2D eigenvalue weighted by Crippen LogP contribution is -2.50. The number of nitro groups is 1.